The molecule has 0 aromatic carbocycles. The fraction of sp³-hybridized carbons (Fsp3) is 0.923. The third-order valence-electron chi connectivity index (χ3n) is 2.60. The van der Waals surface area contributed by atoms with Gasteiger partial charge in [0.15, 0.2) is 0 Å². The minimum absolute atomic E-state index is 0.108. The number of carbonyl (C=O) groups excluding carboxylic acids is 1. The molecule has 3 heteroatoms. The molecule has 0 N–H and O–H groups in total. The molecule has 0 radical (unpaired) electrons. The van der Waals surface area contributed by atoms with E-state index in [1.807, 2.05) is 6.92 Å². The first-order chi connectivity index (χ1) is 7.72. The molecule has 2 nitrogen and oxygen atoms in total. The number of ether oxygens (including phenoxy) is 1. The third-order valence-corrected chi connectivity index (χ3v) is 3.44. The molecule has 0 aromatic heterocycles. The van der Waals surface area contributed by atoms with Crippen molar-refractivity contribution in [2.75, 3.05) is 6.61 Å². The number of unbranched alkanes of at least 4 members (excludes halogenated alkanes) is 6. The molecule has 0 unspecified atom stereocenters. The third kappa shape index (κ3) is 9.20. The van der Waals surface area contributed by atoms with Gasteiger partial charge in [-0.3, -0.25) is 4.79 Å². The number of hydrogen-bond donors (Lipinski definition) is 0. The van der Waals surface area contributed by atoms with Crippen LogP contribution in [-0.2, 0) is 9.53 Å². The summed E-state index contributed by atoms with van der Waals surface area (Å²) in [7, 11) is 0. The molecule has 0 rings (SSSR count). The first-order valence-corrected chi connectivity index (χ1v) is 7.44. The highest BCUT2D eigenvalue weighted by molar-refractivity contribution is 9.10. The van der Waals surface area contributed by atoms with Crippen molar-refractivity contribution in [1.82, 2.24) is 0 Å². The summed E-state index contributed by atoms with van der Waals surface area (Å²) in [6, 6.07) is 0. The zero-order valence-corrected chi connectivity index (χ0v) is 12.2. The highest BCUT2D eigenvalue weighted by atomic mass is 79.9. The Labute approximate surface area is 108 Å². The van der Waals surface area contributed by atoms with Crippen LogP contribution < -0.4 is 0 Å². The van der Waals surface area contributed by atoms with E-state index in [1.54, 1.807) is 0 Å². The van der Waals surface area contributed by atoms with Crippen molar-refractivity contribution >= 4 is 21.9 Å². The Kier molecular flexibility index (Phi) is 11.4. The SMILES string of the molecule is CCCCCCCCC[C@H](Br)C(=O)OCC. The van der Waals surface area contributed by atoms with Gasteiger partial charge in [0.2, 0.25) is 0 Å². The van der Waals surface area contributed by atoms with Gasteiger partial charge in [0.1, 0.15) is 4.83 Å². The predicted molar refractivity (Wildman–Crippen MR) is 72.0 cm³/mol. The van der Waals surface area contributed by atoms with Gasteiger partial charge in [0, 0.05) is 0 Å². The van der Waals surface area contributed by atoms with Crippen molar-refractivity contribution in [3.63, 3.8) is 0 Å². The van der Waals surface area contributed by atoms with Crippen molar-refractivity contribution in [2.24, 2.45) is 0 Å². The quantitative estimate of drug-likeness (QED) is 0.338. The molecule has 16 heavy (non-hydrogen) atoms. The van der Waals surface area contributed by atoms with Crippen LogP contribution >= 0.6 is 15.9 Å². The van der Waals surface area contributed by atoms with Gasteiger partial charge in [0.25, 0.3) is 0 Å². The highest BCUT2D eigenvalue weighted by Gasteiger charge is 2.14. The van der Waals surface area contributed by atoms with Gasteiger partial charge < -0.3 is 4.74 Å². The van der Waals surface area contributed by atoms with Gasteiger partial charge in [-0.15, -0.1) is 0 Å². The van der Waals surface area contributed by atoms with Gasteiger partial charge >= 0.3 is 5.97 Å². The van der Waals surface area contributed by atoms with E-state index in [4.69, 9.17) is 4.74 Å². The molecule has 0 saturated heterocycles. The topological polar surface area (TPSA) is 26.3 Å². The summed E-state index contributed by atoms with van der Waals surface area (Å²) in [6.45, 7) is 4.54. The Balaban J connectivity index is 3.27. The van der Waals surface area contributed by atoms with Crippen LogP contribution in [0, 0.1) is 0 Å². The van der Waals surface area contributed by atoms with E-state index in [0.717, 1.165) is 12.8 Å². The van der Waals surface area contributed by atoms with Crippen LogP contribution in [0.25, 0.3) is 0 Å². The summed E-state index contributed by atoms with van der Waals surface area (Å²) in [6.07, 6.45) is 9.86. The van der Waals surface area contributed by atoms with E-state index in [9.17, 15) is 4.79 Å². The van der Waals surface area contributed by atoms with Crippen molar-refractivity contribution in [1.29, 1.82) is 0 Å². The Morgan fingerprint density at radius 3 is 2.19 bits per heavy atom. The summed E-state index contributed by atoms with van der Waals surface area (Å²) in [5.41, 5.74) is 0. The second-order valence-corrected chi connectivity index (χ2v) is 5.23. The molecule has 0 aliphatic heterocycles. The summed E-state index contributed by atoms with van der Waals surface area (Å²) in [4.78, 5) is 11.2. The molecule has 96 valence electrons. The molecular formula is C13H25BrO2. The lowest BCUT2D eigenvalue weighted by Crippen LogP contribution is -2.17. The zero-order chi connectivity index (χ0) is 12.2. The molecule has 0 saturated carbocycles. The molecular weight excluding hydrogens is 268 g/mol. The van der Waals surface area contributed by atoms with E-state index in [1.165, 1.54) is 38.5 Å². The number of hydrogen-bond acceptors (Lipinski definition) is 2. The zero-order valence-electron chi connectivity index (χ0n) is 10.6. The lowest BCUT2D eigenvalue weighted by Gasteiger charge is -2.08. The fourth-order valence-corrected chi connectivity index (χ4v) is 2.09. The lowest BCUT2D eigenvalue weighted by molar-refractivity contribution is -0.142. The Morgan fingerprint density at radius 1 is 1.06 bits per heavy atom. The maximum Gasteiger partial charge on any atom is 0.319 e. The number of rotatable bonds is 10. The average Bonchev–Trinajstić information content (AvgIpc) is 2.28. The Morgan fingerprint density at radius 2 is 1.62 bits per heavy atom. The number of carbonyl (C=O) groups is 1. The van der Waals surface area contributed by atoms with Crippen molar-refractivity contribution in [3.8, 4) is 0 Å². The Hall–Kier alpha value is -0.0500. The molecule has 0 amide bonds. The van der Waals surface area contributed by atoms with Crippen LogP contribution in [0.3, 0.4) is 0 Å². The van der Waals surface area contributed by atoms with E-state index in [0.29, 0.717) is 6.61 Å². The monoisotopic (exact) mass is 292 g/mol. The summed E-state index contributed by atoms with van der Waals surface area (Å²) >= 11 is 3.36. The van der Waals surface area contributed by atoms with Gasteiger partial charge in [-0.1, -0.05) is 67.8 Å². The fourth-order valence-electron chi connectivity index (χ4n) is 1.63. The average molecular weight is 293 g/mol. The molecule has 0 heterocycles. The summed E-state index contributed by atoms with van der Waals surface area (Å²) in [5, 5.41) is 0. The van der Waals surface area contributed by atoms with Crippen molar-refractivity contribution < 1.29 is 9.53 Å². The van der Waals surface area contributed by atoms with Gasteiger partial charge in [0.05, 0.1) is 6.61 Å². The predicted octanol–water partition coefficient (Wildman–Crippen LogP) is 4.45. The maximum atomic E-state index is 11.3. The van der Waals surface area contributed by atoms with Crippen LogP contribution in [-0.4, -0.2) is 17.4 Å². The normalized spacial score (nSPS) is 12.4. The molecule has 0 fully saturated rings. The van der Waals surface area contributed by atoms with Crippen LogP contribution in [0.5, 0.6) is 0 Å². The van der Waals surface area contributed by atoms with Crippen LogP contribution in [0.1, 0.15) is 65.2 Å². The van der Waals surface area contributed by atoms with E-state index >= 15 is 0 Å². The van der Waals surface area contributed by atoms with Crippen LogP contribution in [0.2, 0.25) is 0 Å². The van der Waals surface area contributed by atoms with Crippen molar-refractivity contribution in [2.45, 2.75) is 70.0 Å². The largest absolute Gasteiger partial charge is 0.465 e. The lowest BCUT2D eigenvalue weighted by atomic mass is 10.1. The number of esters is 1. The van der Waals surface area contributed by atoms with Crippen LogP contribution in [0.15, 0.2) is 0 Å². The standard InChI is InChI=1S/C13H25BrO2/c1-3-5-6-7-8-9-10-11-12(14)13(15)16-4-2/h12H,3-11H2,1-2H3/t12-/m0/s1. The molecule has 0 aliphatic rings. The molecule has 0 aromatic rings. The van der Waals surface area contributed by atoms with E-state index < -0.39 is 0 Å². The van der Waals surface area contributed by atoms with Gasteiger partial charge in [-0.2, -0.15) is 0 Å². The summed E-state index contributed by atoms with van der Waals surface area (Å²) < 4.78 is 4.93. The maximum absolute atomic E-state index is 11.3. The second-order valence-electron chi connectivity index (χ2n) is 4.13. The first-order valence-electron chi connectivity index (χ1n) is 6.53. The molecule has 0 aliphatic carbocycles. The van der Waals surface area contributed by atoms with E-state index in [-0.39, 0.29) is 10.8 Å². The van der Waals surface area contributed by atoms with Crippen molar-refractivity contribution in [3.05, 3.63) is 0 Å². The molecule has 0 bridgehead atoms. The highest BCUT2D eigenvalue weighted by Crippen LogP contribution is 2.14. The smallest absolute Gasteiger partial charge is 0.319 e. The van der Waals surface area contributed by atoms with Gasteiger partial charge in [-0.05, 0) is 13.3 Å². The second kappa shape index (κ2) is 11.4. The Bertz CT molecular complexity index is 171. The van der Waals surface area contributed by atoms with E-state index in [2.05, 4.69) is 22.9 Å². The summed E-state index contributed by atoms with van der Waals surface area (Å²) in [5.74, 6) is -0.117. The molecule has 1 atom stereocenters. The van der Waals surface area contributed by atoms with Gasteiger partial charge in [-0.25, -0.2) is 0 Å². The number of halogens is 1. The number of alkyl halides is 1. The minimum atomic E-state index is -0.117. The molecule has 0 spiro atoms. The van der Waals surface area contributed by atoms with Crippen LogP contribution in [0.4, 0.5) is 0 Å². The minimum Gasteiger partial charge on any atom is -0.465 e. The first kappa shape index (κ1) is 16.0.